The third-order valence-electron chi connectivity index (χ3n) is 3.29. The van der Waals surface area contributed by atoms with Gasteiger partial charge in [0.25, 0.3) is 7.41 Å². The summed E-state index contributed by atoms with van der Waals surface area (Å²) in [4.78, 5) is 7.71. The Labute approximate surface area is 108 Å². The summed E-state index contributed by atoms with van der Waals surface area (Å²) in [6.45, 7) is 0. The van der Waals surface area contributed by atoms with Crippen LogP contribution in [0.4, 0.5) is 0 Å². The Kier molecular flexibility index (Phi) is 3.18. The lowest BCUT2D eigenvalue weighted by molar-refractivity contribution is -0.0961. The number of rotatable bonds is 2. The molecule has 2 aromatic carbocycles. The normalized spacial score (nSPS) is 23.8. The van der Waals surface area contributed by atoms with Crippen molar-refractivity contribution >= 4 is 7.41 Å². The second-order valence-electron chi connectivity index (χ2n) is 4.57. The largest absolute Gasteiger partial charge is 0.304 e. The second kappa shape index (κ2) is 4.97. The van der Waals surface area contributed by atoms with Crippen LogP contribution in [0.25, 0.3) is 0 Å². The molecule has 0 N–H and O–H groups in total. The third kappa shape index (κ3) is 2.19. The third-order valence-corrected chi connectivity index (χ3v) is 3.29. The topological polar surface area (TPSA) is 12.5 Å². The molecule has 0 saturated carbocycles. The van der Waals surface area contributed by atoms with Gasteiger partial charge in [-0.15, -0.1) is 0 Å². The minimum atomic E-state index is 0.0681. The van der Waals surface area contributed by atoms with Crippen molar-refractivity contribution in [1.29, 1.82) is 0 Å². The molecule has 1 saturated heterocycles. The maximum atomic E-state index is 5.89. The Morgan fingerprint density at radius 3 is 2.06 bits per heavy atom. The fraction of sp³-hybridized carbons (Fsp3) is 0.200. The maximum absolute atomic E-state index is 5.89. The molecule has 1 aliphatic rings. The minimum absolute atomic E-state index is 0.0681. The molecule has 2 nitrogen and oxygen atoms in total. The lowest BCUT2D eigenvalue weighted by Crippen LogP contribution is -2.16. The summed E-state index contributed by atoms with van der Waals surface area (Å²) in [7, 11) is 4.08. The van der Waals surface area contributed by atoms with E-state index in [4.69, 9.17) is 4.84 Å². The molecule has 0 aliphatic carbocycles. The van der Waals surface area contributed by atoms with Gasteiger partial charge in [-0.3, -0.25) is 0 Å². The Morgan fingerprint density at radius 1 is 0.889 bits per heavy atom. The van der Waals surface area contributed by atoms with Crippen molar-refractivity contribution in [2.24, 2.45) is 0 Å². The molecule has 3 heteroatoms. The Bertz CT molecular complexity index is 455. The quantitative estimate of drug-likeness (QED) is 0.743. The van der Waals surface area contributed by atoms with Crippen LogP contribution in [0.15, 0.2) is 60.7 Å². The van der Waals surface area contributed by atoms with Crippen molar-refractivity contribution in [1.82, 2.24) is 4.97 Å². The number of hydroxylamine groups is 1. The molecule has 1 fully saturated rings. The second-order valence-corrected chi connectivity index (χ2v) is 4.57. The molecule has 89 valence electrons. The summed E-state index contributed by atoms with van der Waals surface area (Å²) >= 11 is 0. The summed E-state index contributed by atoms with van der Waals surface area (Å²) < 4.78 is 0. The van der Waals surface area contributed by atoms with Crippen LogP contribution < -0.4 is 0 Å². The standard InChI is InChI=1S/C15H15BNO/c1-17-16-14(12-8-4-2-5-9-12)15(18-17)13-10-6-3-7-11-13/h2-11,14-15H,1H3/t14-,15-/m1/s1. The van der Waals surface area contributed by atoms with E-state index >= 15 is 0 Å². The van der Waals surface area contributed by atoms with Crippen molar-refractivity contribution in [3.63, 3.8) is 0 Å². The molecule has 0 amide bonds. The zero-order valence-corrected chi connectivity index (χ0v) is 10.4. The Hall–Kier alpha value is -1.58. The Balaban J connectivity index is 1.93. The number of hydrogen-bond acceptors (Lipinski definition) is 2. The van der Waals surface area contributed by atoms with Gasteiger partial charge in [0.2, 0.25) is 0 Å². The smallest absolute Gasteiger partial charge is 0.257 e. The molecule has 1 heterocycles. The van der Waals surface area contributed by atoms with Gasteiger partial charge < -0.3 is 4.84 Å². The van der Waals surface area contributed by atoms with Crippen LogP contribution in [0.5, 0.6) is 0 Å². The highest BCUT2D eigenvalue weighted by molar-refractivity contribution is 6.35. The fourth-order valence-corrected chi connectivity index (χ4v) is 2.43. The molecule has 2 atom stereocenters. The highest BCUT2D eigenvalue weighted by Gasteiger charge is 2.35. The number of benzene rings is 2. The zero-order valence-electron chi connectivity index (χ0n) is 10.4. The van der Waals surface area contributed by atoms with Gasteiger partial charge in [-0.25, -0.2) is 4.97 Å². The van der Waals surface area contributed by atoms with Gasteiger partial charge in [0.1, 0.15) is 6.10 Å². The van der Waals surface area contributed by atoms with Crippen molar-refractivity contribution in [3.05, 3.63) is 71.8 Å². The summed E-state index contributed by atoms with van der Waals surface area (Å²) in [6, 6.07) is 20.9. The van der Waals surface area contributed by atoms with Crippen LogP contribution >= 0.6 is 0 Å². The average molecular weight is 236 g/mol. The van der Waals surface area contributed by atoms with Gasteiger partial charge in [0.05, 0.1) is 0 Å². The van der Waals surface area contributed by atoms with Gasteiger partial charge in [0.15, 0.2) is 0 Å². The molecule has 0 bridgehead atoms. The average Bonchev–Trinajstić information content (AvgIpc) is 2.83. The number of nitrogens with zero attached hydrogens (tertiary/aromatic N) is 1. The molecule has 1 aliphatic heterocycles. The highest BCUT2D eigenvalue weighted by atomic mass is 16.7. The van der Waals surface area contributed by atoms with Gasteiger partial charge in [-0.05, 0) is 18.2 Å². The summed E-state index contributed by atoms with van der Waals surface area (Å²) in [5.41, 5.74) is 2.50. The molecule has 1 radical (unpaired) electrons. The lowest BCUT2D eigenvalue weighted by atomic mass is 9.68. The Morgan fingerprint density at radius 2 is 1.44 bits per heavy atom. The van der Waals surface area contributed by atoms with Gasteiger partial charge in [-0.2, -0.15) is 0 Å². The number of hydrogen-bond donors (Lipinski definition) is 0. The van der Waals surface area contributed by atoms with E-state index in [1.54, 1.807) is 0 Å². The first-order valence-electron chi connectivity index (χ1n) is 6.19. The van der Waals surface area contributed by atoms with Crippen LogP contribution in [0, 0.1) is 0 Å². The summed E-state index contributed by atoms with van der Waals surface area (Å²) in [5, 5.41) is 0. The van der Waals surface area contributed by atoms with Gasteiger partial charge in [0, 0.05) is 5.82 Å². The monoisotopic (exact) mass is 236 g/mol. The van der Waals surface area contributed by atoms with E-state index in [1.807, 2.05) is 24.2 Å². The molecular formula is C15H15BNO. The molecule has 0 unspecified atom stereocenters. The SMILES string of the molecule is CN1[B][C@H](c2ccccc2)[C@@H](c2ccccc2)O1. The van der Waals surface area contributed by atoms with E-state index in [0.717, 1.165) is 0 Å². The van der Waals surface area contributed by atoms with E-state index in [9.17, 15) is 0 Å². The van der Waals surface area contributed by atoms with Crippen molar-refractivity contribution in [3.8, 4) is 0 Å². The first-order valence-corrected chi connectivity index (χ1v) is 6.19. The van der Waals surface area contributed by atoms with E-state index in [2.05, 4.69) is 55.9 Å². The first-order chi connectivity index (χ1) is 8.84. The van der Waals surface area contributed by atoms with E-state index in [1.165, 1.54) is 11.1 Å². The molecule has 2 aromatic rings. The fourth-order valence-electron chi connectivity index (χ4n) is 2.43. The van der Waals surface area contributed by atoms with Crippen molar-refractivity contribution in [2.45, 2.75) is 11.9 Å². The molecular weight excluding hydrogens is 221 g/mol. The van der Waals surface area contributed by atoms with Gasteiger partial charge in [-0.1, -0.05) is 60.7 Å². The van der Waals surface area contributed by atoms with Crippen LogP contribution in [0.1, 0.15) is 23.0 Å². The minimum Gasteiger partial charge on any atom is -0.304 e. The lowest BCUT2D eigenvalue weighted by Gasteiger charge is -2.18. The highest BCUT2D eigenvalue weighted by Crippen LogP contribution is 2.38. The van der Waals surface area contributed by atoms with Crippen LogP contribution in [-0.4, -0.2) is 19.4 Å². The molecule has 0 spiro atoms. The summed E-state index contributed by atoms with van der Waals surface area (Å²) in [6.07, 6.45) is 0.0681. The van der Waals surface area contributed by atoms with Gasteiger partial charge >= 0.3 is 0 Å². The van der Waals surface area contributed by atoms with Crippen LogP contribution in [0.2, 0.25) is 0 Å². The molecule has 18 heavy (non-hydrogen) atoms. The molecule has 0 aromatic heterocycles. The van der Waals surface area contributed by atoms with E-state index in [0.29, 0.717) is 0 Å². The summed E-state index contributed by atoms with van der Waals surface area (Å²) in [5.74, 6) is 0.276. The predicted molar refractivity (Wildman–Crippen MR) is 73.0 cm³/mol. The van der Waals surface area contributed by atoms with E-state index in [-0.39, 0.29) is 11.9 Å². The maximum Gasteiger partial charge on any atom is 0.257 e. The zero-order chi connectivity index (χ0) is 12.4. The van der Waals surface area contributed by atoms with Crippen LogP contribution in [0.3, 0.4) is 0 Å². The van der Waals surface area contributed by atoms with E-state index < -0.39 is 0 Å². The predicted octanol–water partition coefficient (Wildman–Crippen LogP) is 2.97. The van der Waals surface area contributed by atoms with Crippen LogP contribution in [-0.2, 0) is 4.84 Å². The molecule has 3 rings (SSSR count). The first kappa shape index (κ1) is 11.5. The van der Waals surface area contributed by atoms with Crippen molar-refractivity contribution in [2.75, 3.05) is 7.05 Å². The van der Waals surface area contributed by atoms with Crippen molar-refractivity contribution < 1.29 is 4.84 Å².